The van der Waals surface area contributed by atoms with Crippen LogP contribution in [0.25, 0.3) is 33.2 Å². The van der Waals surface area contributed by atoms with Crippen molar-refractivity contribution in [2.45, 2.75) is 12.8 Å². The fourth-order valence-corrected chi connectivity index (χ4v) is 9.33. The molecule has 8 aromatic carbocycles. The first-order chi connectivity index (χ1) is 35.1. The van der Waals surface area contributed by atoms with E-state index in [-0.39, 0.29) is 41.2 Å². The first-order valence-corrected chi connectivity index (χ1v) is 23.8. The van der Waals surface area contributed by atoms with Gasteiger partial charge in [0.15, 0.2) is 0 Å². The van der Waals surface area contributed by atoms with Crippen molar-refractivity contribution in [1.29, 1.82) is 0 Å². The van der Waals surface area contributed by atoms with Gasteiger partial charge in [-0.25, -0.2) is 6.07 Å². The Balaban J connectivity index is 0.000000164. The SMILES string of the molecule is CN1[CH-]N(c2[c-]c(Oc3[c-]c(-c4[c-]cc5ccccc5n4)nc4ccccc34)ccc2)c2ccccc21.[Ir].[Pt].[c-]1ccccc1N1[CH-]N(CCCCN2[CH-]N(c3[c-]cccc3)c3ccccc32)c2ccccc21. The number of rotatable bonds is 11. The van der Waals surface area contributed by atoms with Crippen LogP contribution >= 0.6 is 0 Å². The average Bonchev–Trinajstić information content (AvgIpc) is 4.11. The Hall–Kier alpha value is -7.48. The molecule has 0 atom stereocenters. The van der Waals surface area contributed by atoms with E-state index < -0.39 is 0 Å². The zero-order valence-electron chi connectivity index (χ0n) is 39.7. The molecule has 0 N–H and O–H groups in total. The van der Waals surface area contributed by atoms with Crippen LogP contribution in [-0.2, 0) is 41.2 Å². The molecule has 73 heavy (non-hydrogen) atoms. The third-order valence-electron chi connectivity index (χ3n) is 12.8. The van der Waals surface area contributed by atoms with Crippen molar-refractivity contribution in [2.75, 3.05) is 49.5 Å². The van der Waals surface area contributed by atoms with Crippen molar-refractivity contribution >= 4 is 73.0 Å². The number of ether oxygens (including phenoxy) is 1. The minimum Gasteiger partial charge on any atom is -0.510 e. The predicted octanol–water partition coefficient (Wildman–Crippen LogP) is 14.3. The van der Waals surface area contributed by atoms with E-state index >= 15 is 0 Å². The van der Waals surface area contributed by atoms with Crippen LogP contribution < -0.4 is 34.1 Å². The van der Waals surface area contributed by atoms with Gasteiger partial charge in [0.05, 0.1) is 0 Å². The summed E-state index contributed by atoms with van der Waals surface area (Å²) in [5.41, 5.74) is 13.1. The Bertz CT molecular complexity index is 3390. The summed E-state index contributed by atoms with van der Waals surface area (Å²) < 4.78 is 6.41. The number of nitrogens with zero attached hydrogens (tertiary/aromatic N) is 8. The van der Waals surface area contributed by atoms with Crippen LogP contribution in [0.1, 0.15) is 12.8 Å². The molecule has 0 amide bonds. The third-order valence-corrected chi connectivity index (χ3v) is 12.8. The van der Waals surface area contributed by atoms with Gasteiger partial charge in [0.1, 0.15) is 0 Å². The molecule has 367 valence electrons. The third kappa shape index (κ3) is 10.2. The molecule has 10 aromatic rings. The minimum atomic E-state index is 0. The summed E-state index contributed by atoms with van der Waals surface area (Å²) in [5, 5.41) is 1.89. The second kappa shape index (κ2) is 22.1. The molecule has 0 unspecified atom stereocenters. The molecule has 0 bridgehead atoms. The second-order valence-corrected chi connectivity index (χ2v) is 17.4. The Morgan fingerprint density at radius 2 is 0.973 bits per heavy atom. The molecule has 0 spiro atoms. The minimum absolute atomic E-state index is 0. The molecule has 2 aromatic heterocycles. The van der Waals surface area contributed by atoms with E-state index in [0.29, 0.717) is 22.9 Å². The summed E-state index contributed by atoms with van der Waals surface area (Å²) in [6.07, 6.45) is 2.20. The van der Waals surface area contributed by atoms with E-state index in [1.54, 1.807) is 0 Å². The van der Waals surface area contributed by atoms with Gasteiger partial charge in [0.2, 0.25) is 0 Å². The van der Waals surface area contributed by atoms with Crippen LogP contribution in [-0.4, -0.2) is 30.1 Å². The molecular weight excluding hydrogens is 1260 g/mol. The Morgan fingerprint density at radius 3 is 1.60 bits per heavy atom. The van der Waals surface area contributed by atoms with E-state index in [1.165, 1.54) is 22.7 Å². The topological polar surface area (TPSA) is 54.5 Å². The quantitative estimate of drug-likeness (QED) is 0.0931. The maximum Gasteiger partial charge on any atom is 0.0326 e. The van der Waals surface area contributed by atoms with Crippen molar-refractivity contribution < 1.29 is 45.9 Å². The maximum atomic E-state index is 6.41. The van der Waals surface area contributed by atoms with E-state index in [4.69, 9.17) is 14.7 Å². The van der Waals surface area contributed by atoms with Crippen molar-refractivity contribution in [1.82, 2.24) is 9.97 Å². The van der Waals surface area contributed by atoms with Crippen LogP contribution in [0.2, 0.25) is 0 Å². The number of hydrogen-bond donors (Lipinski definition) is 0. The molecular formula is C62H46IrN8OPt-8. The standard InChI is InChI=1S/C32H20N4O.C30H26N4.Ir.Pt/c1-35-21-36(31-16-7-6-15-30(31)35)23-10-8-11-24(19-23)37-32-20-29(34-27-14-5-3-12-25(27)32)28-18-17-22-9-2-4-13-26(22)33-28;1-3-13-25(14-4-1)33-23-31(27-17-7-9-19-29(27)33)21-11-12-22-32-24-34(26-15-5-2-6-16-26)30-20-10-8-18-28(30)32;;/h2-17,21H,1H3;1-10,13,15,17-20,23-24H,11-12,21-22H2;;/q2*-4;;. The molecule has 0 saturated carbocycles. The van der Waals surface area contributed by atoms with Crippen LogP contribution in [0, 0.1) is 50.3 Å². The van der Waals surface area contributed by atoms with Gasteiger partial charge >= 0.3 is 0 Å². The second-order valence-electron chi connectivity index (χ2n) is 17.4. The summed E-state index contributed by atoms with van der Waals surface area (Å²) >= 11 is 0. The number of aromatic nitrogens is 2. The summed E-state index contributed by atoms with van der Waals surface area (Å²) in [6.45, 7) is 8.42. The fourth-order valence-electron chi connectivity index (χ4n) is 9.33. The van der Waals surface area contributed by atoms with Crippen LogP contribution in [0.5, 0.6) is 11.5 Å². The van der Waals surface area contributed by atoms with Gasteiger partial charge < -0.3 is 44.1 Å². The zero-order chi connectivity index (χ0) is 47.5. The molecule has 13 rings (SSSR count). The van der Waals surface area contributed by atoms with Gasteiger partial charge in [-0.15, -0.1) is 58.8 Å². The maximum absolute atomic E-state index is 6.41. The molecule has 5 heterocycles. The molecule has 3 aliphatic heterocycles. The Kier molecular flexibility index (Phi) is 14.9. The summed E-state index contributed by atoms with van der Waals surface area (Å²) in [4.78, 5) is 23.0. The Morgan fingerprint density at radius 1 is 0.466 bits per heavy atom. The Labute approximate surface area is 455 Å². The normalized spacial score (nSPS) is 13.2. The largest absolute Gasteiger partial charge is 0.510 e. The molecule has 0 aliphatic carbocycles. The molecule has 1 radical (unpaired) electrons. The number of fused-ring (bicyclic) bond motifs is 5. The molecule has 11 heteroatoms. The van der Waals surface area contributed by atoms with Gasteiger partial charge in [-0.3, -0.25) is 0 Å². The number of anilines is 9. The van der Waals surface area contributed by atoms with Gasteiger partial charge in [-0.2, -0.15) is 98.9 Å². The summed E-state index contributed by atoms with van der Waals surface area (Å²) in [5.74, 6) is 1.16. The smallest absolute Gasteiger partial charge is 0.0326 e. The molecule has 0 fully saturated rings. The van der Waals surface area contributed by atoms with Crippen molar-refractivity contribution in [3.8, 4) is 22.9 Å². The van der Waals surface area contributed by atoms with Gasteiger partial charge in [-0.1, -0.05) is 71.4 Å². The molecule has 3 aliphatic rings. The molecule has 0 saturated heterocycles. The predicted molar refractivity (Wildman–Crippen MR) is 287 cm³/mol. The summed E-state index contributed by atoms with van der Waals surface area (Å²) in [7, 11) is 2.04. The van der Waals surface area contributed by atoms with Crippen LogP contribution in [0.4, 0.5) is 51.2 Å². The van der Waals surface area contributed by atoms with Crippen LogP contribution in [0.15, 0.2) is 194 Å². The average molecular weight is 1310 g/mol. The number of benzene rings is 8. The first kappa shape index (κ1) is 49.1. The van der Waals surface area contributed by atoms with Gasteiger partial charge in [0.25, 0.3) is 0 Å². The number of hydrogen-bond acceptors (Lipinski definition) is 9. The number of para-hydroxylation sites is 10. The molecule has 9 nitrogen and oxygen atoms in total. The van der Waals surface area contributed by atoms with Crippen molar-refractivity contribution in [2.24, 2.45) is 0 Å². The monoisotopic (exact) mass is 1310 g/mol. The van der Waals surface area contributed by atoms with Crippen molar-refractivity contribution in [3.63, 3.8) is 0 Å². The van der Waals surface area contributed by atoms with Gasteiger partial charge in [-0.05, 0) is 87.0 Å². The first-order valence-electron chi connectivity index (χ1n) is 23.8. The van der Waals surface area contributed by atoms with E-state index in [1.807, 2.05) is 123 Å². The van der Waals surface area contributed by atoms with E-state index in [0.717, 1.165) is 76.2 Å². The van der Waals surface area contributed by atoms with Crippen molar-refractivity contribution in [3.05, 3.63) is 244 Å². The number of pyridine rings is 2. The fraction of sp³-hybridized carbons (Fsp3) is 0.0806. The van der Waals surface area contributed by atoms with E-state index in [9.17, 15) is 0 Å². The van der Waals surface area contributed by atoms with E-state index in [2.05, 4.69) is 158 Å². The van der Waals surface area contributed by atoms with Crippen LogP contribution in [0.3, 0.4) is 0 Å². The number of unbranched alkanes of at least 4 members (excludes halogenated alkanes) is 1. The van der Waals surface area contributed by atoms with Gasteiger partial charge in [0, 0.05) is 92.3 Å². The zero-order valence-corrected chi connectivity index (χ0v) is 44.3. The summed E-state index contributed by atoms with van der Waals surface area (Å²) in [6, 6.07) is 82.2.